The van der Waals surface area contributed by atoms with Gasteiger partial charge in [-0.1, -0.05) is 6.07 Å². The molecule has 0 aliphatic rings. The minimum absolute atomic E-state index is 0.106. The number of carbonyl (C=O) groups excluding carboxylic acids is 1. The van der Waals surface area contributed by atoms with E-state index >= 15 is 0 Å². The van der Waals surface area contributed by atoms with E-state index in [-0.39, 0.29) is 11.6 Å². The molecular formula is C12H12F7N3O. The van der Waals surface area contributed by atoms with Gasteiger partial charge in [-0.2, -0.15) is 26.3 Å². The zero-order chi connectivity index (χ0) is 18.4. The van der Waals surface area contributed by atoms with Gasteiger partial charge in [0, 0.05) is 18.3 Å². The third-order valence-corrected chi connectivity index (χ3v) is 3.12. The molecule has 0 radical (unpaired) electrons. The Kier molecular flexibility index (Phi) is 4.59. The van der Waals surface area contributed by atoms with E-state index in [1.807, 2.05) is 0 Å². The molecule has 130 valence electrons. The molecule has 1 aromatic rings. The van der Waals surface area contributed by atoms with Crippen LogP contribution in [0.15, 0.2) is 12.1 Å². The van der Waals surface area contributed by atoms with Crippen LogP contribution in [-0.4, -0.2) is 30.3 Å². The molecule has 0 fully saturated rings. The highest BCUT2D eigenvalue weighted by Crippen LogP contribution is 2.53. The number of amides is 1. The number of nitrogen functional groups attached to an aromatic ring is 1. The van der Waals surface area contributed by atoms with Gasteiger partial charge in [0.1, 0.15) is 0 Å². The average molecular weight is 347 g/mol. The number of halogens is 7. The lowest BCUT2D eigenvalue weighted by atomic mass is 9.90. The van der Waals surface area contributed by atoms with E-state index < -0.39 is 40.7 Å². The molecular weight excluding hydrogens is 335 g/mol. The van der Waals surface area contributed by atoms with Crippen molar-refractivity contribution in [3.8, 4) is 0 Å². The van der Waals surface area contributed by atoms with Crippen LogP contribution < -0.4 is 11.6 Å². The van der Waals surface area contributed by atoms with Gasteiger partial charge in [-0.3, -0.25) is 9.80 Å². The van der Waals surface area contributed by atoms with Crippen molar-refractivity contribution in [3.05, 3.63) is 28.8 Å². The third kappa shape index (κ3) is 3.05. The third-order valence-electron chi connectivity index (χ3n) is 3.12. The van der Waals surface area contributed by atoms with Gasteiger partial charge in [-0.05, 0) is 18.6 Å². The molecule has 0 unspecified atom stereocenters. The molecule has 0 aliphatic heterocycles. The Morgan fingerprint density at radius 2 is 1.48 bits per heavy atom. The number of rotatable bonds is 2. The number of carbonyl (C=O) groups is 1. The van der Waals surface area contributed by atoms with Crippen LogP contribution in [0.5, 0.6) is 0 Å². The number of aryl methyl sites for hydroxylation is 1. The second kappa shape index (κ2) is 5.55. The molecule has 0 bridgehead atoms. The summed E-state index contributed by atoms with van der Waals surface area (Å²) in [6, 6.07) is 0.401. The van der Waals surface area contributed by atoms with Crippen LogP contribution in [0.2, 0.25) is 0 Å². The van der Waals surface area contributed by atoms with E-state index in [2.05, 4.69) is 0 Å². The van der Waals surface area contributed by atoms with Crippen LogP contribution >= 0.6 is 0 Å². The van der Waals surface area contributed by atoms with E-state index in [1.54, 1.807) is 0 Å². The van der Waals surface area contributed by atoms with Crippen molar-refractivity contribution in [3.63, 3.8) is 0 Å². The number of benzene rings is 1. The predicted octanol–water partition coefficient (Wildman–Crippen LogP) is 2.81. The summed E-state index contributed by atoms with van der Waals surface area (Å²) in [6.45, 7) is 1.04. The van der Waals surface area contributed by atoms with E-state index in [1.165, 1.54) is 0 Å². The maximum Gasteiger partial charge on any atom is 0.435 e. The van der Waals surface area contributed by atoms with E-state index in [0.717, 1.165) is 14.0 Å². The lowest BCUT2D eigenvalue weighted by Crippen LogP contribution is -2.50. The molecule has 0 atom stereocenters. The zero-order valence-electron chi connectivity index (χ0n) is 11.8. The molecule has 23 heavy (non-hydrogen) atoms. The normalized spacial score (nSPS) is 13.1. The van der Waals surface area contributed by atoms with Crippen LogP contribution in [0, 0.1) is 6.92 Å². The first kappa shape index (κ1) is 19.0. The molecule has 4 nitrogen and oxygen atoms in total. The highest BCUT2D eigenvalue weighted by atomic mass is 19.4. The van der Waals surface area contributed by atoms with Crippen LogP contribution in [-0.2, 0) is 5.67 Å². The first-order valence-corrected chi connectivity index (χ1v) is 5.90. The van der Waals surface area contributed by atoms with E-state index in [0.29, 0.717) is 11.1 Å². The zero-order valence-corrected chi connectivity index (χ0v) is 11.8. The van der Waals surface area contributed by atoms with Gasteiger partial charge in [0.15, 0.2) is 0 Å². The maximum atomic E-state index is 14.0. The number of alkyl halides is 7. The lowest BCUT2D eigenvalue weighted by molar-refractivity contribution is -0.348. The fourth-order valence-corrected chi connectivity index (χ4v) is 1.85. The van der Waals surface area contributed by atoms with Crippen LogP contribution in [0.25, 0.3) is 0 Å². The fraction of sp³-hybridized carbons (Fsp3) is 0.417. The maximum absolute atomic E-state index is 14.0. The summed E-state index contributed by atoms with van der Waals surface area (Å²) in [6.07, 6.45) is -12.6. The Bertz CT molecular complexity index is 608. The van der Waals surface area contributed by atoms with E-state index in [4.69, 9.17) is 11.6 Å². The highest BCUT2D eigenvalue weighted by molar-refractivity contribution is 5.99. The number of anilines is 1. The molecule has 0 saturated heterocycles. The molecule has 1 rings (SSSR count). The summed E-state index contributed by atoms with van der Waals surface area (Å²) in [5.74, 6) is 3.94. The van der Waals surface area contributed by atoms with Crippen LogP contribution in [0.1, 0.15) is 21.5 Å². The first-order valence-electron chi connectivity index (χ1n) is 5.90. The summed E-state index contributed by atoms with van der Waals surface area (Å²) < 4.78 is 90.6. The van der Waals surface area contributed by atoms with Gasteiger partial charge in [-0.15, -0.1) is 0 Å². The Labute approximate surface area is 125 Å². The summed E-state index contributed by atoms with van der Waals surface area (Å²) in [4.78, 5) is 11.7. The SMILES string of the molecule is Cc1cc(C(F)(C(F)(F)F)C(F)(F)F)cc(C(=O)N(C)N)c1N. The fourth-order valence-electron chi connectivity index (χ4n) is 1.85. The largest absolute Gasteiger partial charge is 0.435 e. The topological polar surface area (TPSA) is 72.3 Å². The number of hydrogen-bond donors (Lipinski definition) is 2. The van der Waals surface area contributed by atoms with Crippen molar-refractivity contribution in [1.29, 1.82) is 0 Å². The van der Waals surface area contributed by atoms with Gasteiger partial charge in [-0.25, -0.2) is 10.2 Å². The summed E-state index contributed by atoms with van der Waals surface area (Å²) >= 11 is 0. The highest BCUT2D eigenvalue weighted by Gasteiger charge is 2.73. The molecule has 1 amide bonds. The lowest BCUT2D eigenvalue weighted by Gasteiger charge is -2.31. The van der Waals surface area contributed by atoms with Crippen LogP contribution in [0.3, 0.4) is 0 Å². The number of nitrogens with zero attached hydrogens (tertiary/aromatic N) is 1. The Morgan fingerprint density at radius 3 is 1.83 bits per heavy atom. The van der Waals surface area contributed by atoms with Crippen molar-refractivity contribution in [2.24, 2.45) is 5.84 Å². The monoisotopic (exact) mass is 347 g/mol. The summed E-state index contributed by atoms with van der Waals surface area (Å²) in [5.41, 5.74) is -3.48. The molecule has 0 aromatic heterocycles. The molecule has 0 spiro atoms. The number of nitrogens with two attached hydrogens (primary N) is 2. The minimum atomic E-state index is -6.29. The Balaban J connectivity index is 3.75. The Morgan fingerprint density at radius 1 is 1.04 bits per heavy atom. The summed E-state index contributed by atoms with van der Waals surface area (Å²) in [7, 11) is 1.000. The van der Waals surface area contributed by atoms with Crippen molar-refractivity contribution in [1.82, 2.24) is 5.01 Å². The first-order chi connectivity index (χ1) is 10.1. The van der Waals surface area contributed by atoms with Crippen molar-refractivity contribution in [2.45, 2.75) is 24.9 Å². The quantitative estimate of drug-likeness (QED) is 0.284. The molecule has 4 N–H and O–H groups in total. The van der Waals surface area contributed by atoms with Crippen LogP contribution in [0.4, 0.5) is 36.4 Å². The average Bonchev–Trinajstić information content (AvgIpc) is 2.37. The Hall–Kier alpha value is -2.04. The molecule has 1 aromatic carbocycles. The minimum Gasteiger partial charge on any atom is -0.398 e. The van der Waals surface area contributed by atoms with Gasteiger partial charge < -0.3 is 5.73 Å². The van der Waals surface area contributed by atoms with Gasteiger partial charge in [0.25, 0.3) is 5.91 Å². The van der Waals surface area contributed by atoms with Crippen molar-refractivity contribution < 1.29 is 35.5 Å². The second-order valence-electron chi connectivity index (χ2n) is 4.82. The molecule has 0 heterocycles. The number of hydrogen-bond acceptors (Lipinski definition) is 3. The molecule has 0 aliphatic carbocycles. The van der Waals surface area contributed by atoms with Gasteiger partial charge >= 0.3 is 18.0 Å². The van der Waals surface area contributed by atoms with Crippen molar-refractivity contribution in [2.75, 3.05) is 12.8 Å². The smallest absolute Gasteiger partial charge is 0.398 e. The molecule has 0 saturated carbocycles. The predicted molar refractivity (Wildman–Crippen MR) is 66.8 cm³/mol. The standard InChI is InChI=1S/C12H12F7N3O/c1-5-3-6(4-7(8(5)20)9(23)22(2)21)10(13,11(14,15)16)12(17,18)19/h3-4H,20-21H2,1-2H3. The van der Waals surface area contributed by atoms with Crippen molar-refractivity contribution >= 4 is 11.6 Å². The van der Waals surface area contributed by atoms with Gasteiger partial charge in [0.2, 0.25) is 0 Å². The summed E-state index contributed by atoms with van der Waals surface area (Å²) in [5, 5.41) is 0.399. The number of hydrazine groups is 1. The van der Waals surface area contributed by atoms with Gasteiger partial charge in [0.05, 0.1) is 5.56 Å². The molecule has 11 heteroatoms. The van der Waals surface area contributed by atoms with E-state index in [9.17, 15) is 35.5 Å². The second-order valence-corrected chi connectivity index (χ2v) is 4.82.